The minimum absolute atomic E-state index is 0.322. The zero-order chi connectivity index (χ0) is 18.0. The highest BCUT2D eigenvalue weighted by molar-refractivity contribution is 7.17. The predicted molar refractivity (Wildman–Crippen MR) is 104 cm³/mol. The third kappa shape index (κ3) is 3.72. The number of hydrogen-bond acceptors (Lipinski definition) is 5. The number of nitrogens with zero attached hydrogens (tertiary/aromatic N) is 1. The van der Waals surface area contributed by atoms with Gasteiger partial charge in [0.1, 0.15) is 10.6 Å². The minimum atomic E-state index is -0.322. The SMILES string of the molecule is CCOC(=O)c1c(N)sc(CN2CCCC2)c1-c1ccc(C)c(C)c1. The molecule has 1 aromatic carbocycles. The lowest BCUT2D eigenvalue weighted by atomic mass is 9.97. The summed E-state index contributed by atoms with van der Waals surface area (Å²) in [7, 11) is 0. The van der Waals surface area contributed by atoms with Gasteiger partial charge in [0.15, 0.2) is 0 Å². The van der Waals surface area contributed by atoms with E-state index in [9.17, 15) is 4.79 Å². The first-order chi connectivity index (χ1) is 12.0. The molecule has 0 bridgehead atoms. The fraction of sp³-hybridized carbons (Fsp3) is 0.450. The van der Waals surface area contributed by atoms with Crippen molar-refractivity contribution in [3.8, 4) is 11.1 Å². The molecule has 1 aliphatic heterocycles. The van der Waals surface area contributed by atoms with E-state index in [0.717, 1.165) is 35.6 Å². The average molecular weight is 359 g/mol. The highest BCUT2D eigenvalue weighted by Gasteiger charge is 2.26. The van der Waals surface area contributed by atoms with E-state index in [4.69, 9.17) is 10.5 Å². The van der Waals surface area contributed by atoms with Gasteiger partial charge in [-0.05, 0) is 63.4 Å². The van der Waals surface area contributed by atoms with Gasteiger partial charge in [-0.1, -0.05) is 18.2 Å². The molecule has 1 aromatic heterocycles. The zero-order valence-electron chi connectivity index (χ0n) is 15.2. The maximum absolute atomic E-state index is 12.6. The molecular weight excluding hydrogens is 332 g/mol. The first kappa shape index (κ1) is 18.0. The van der Waals surface area contributed by atoms with Crippen molar-refractivity contribution in [2.24, 2.45) is 0 Å². The first-order valence-electron chi connectivity index (χ1n) is 8.89. The number of ether oxygens (including phenoxy) is 1. The Morgan fingerprint density at radius 2 is 1.96 bits per heavy atom. The molecule has 5 heteroatoms. The molecule has 1 saturated heterocycles. The monoisotopic (exact) mass is 358 g/mol. The van der Waals surface area contributed by atoms with Gasteiger partial charge in [-0.2, -0.15) is 0 Å². The van der Waals surface area contributed by atoms with Crippen molar-refractivity contribution < 1.29 is 9.53 Å². The standard InChI is InChI=1S/C20H26N2O2S/c1-4-24-20(23)18-17(15-8-7-13(2)14(3)11-15)16(25-19(18)21)12-22-9-5-6-10-22/h7-8,11H,4-6,9-10,12,21H2,1-3H3. The van der Waals surface area contributed by atoms with E-state index in [1.165, 1.54) is 35.3 Å². The predicted octanol–water partition coefficient (Wildman–Crippen LogP) is 4.39. The van der Waals surface area contributed by atoms with Crippen LogP contribution in [0.2, 0.25) is 0 Å². The Labute approximate surface area is 153 Å². The van der Waals surface area contributed by atoms with Crippen LogP contribution in [0.3, 0.4) is 0 Å². The van der Waals surface area contributed by atoms with Crippen LogP contribution in [0.1, 0.15) is 46.1 Å². The number of carbonyl (C=O) groups excluding carboxylic acids is 1. The van der Waals surface area contributed by atoms with Crippen molar-refractivity contribution in [3.63, 3.8) is 0 Å². The number of esters is 1. The molecule has 134 valence electrons. The van der Waals surface area contributed by atoms with E-state index >= 15 is 0 Å². The van der Waals surface area contributed by atoms with Crippen molar-refractivity contribution in [1.29, 1.82) is 0 Å². The second-order valence-electron chi connectivity index (χ2n) is 6.64. The fourth-order valence-corrected chi connectivity index (χ4v) is 4.48. The van der Waals surface area contributed by atoms with Gasteiger partial charge in [0, 0.05) is 17.0 Å². The molecule has 1 fully saturated rings. The van der Waals surface area contributed by atoms with Gasteiger partial charge in [-0.25, -0.2) is 4.79 Å². The van der Waals surface area contributed by atoms with Gasteiger partial charge in [0.05, 0.1) is 6.61 Å². The van der Waals surface area contributed by atoms with Gasteiger partial charge >= 0.3 is 5.97 Å². The summed E-state index contributed by atoms with van der Waals surface area (Å²) in [5.74, 6) is -0.322. The third-order valence-electron chi connectivity index (χ3n) is 4.85. The lowest BCUT2D eigenvalue weighted by Gasteiger charge is -2.16. The van der Waals surface area contributed by atoms with Gasteiger partial charge in [-0.15, -0.1) is 11.3 Å². The minimum Gasteiger partial charge on any atom is -0.462 e. The lowest BCUT2D eigenvalue weighted by molar-refractivity contribution is 0.0529. The van der Waals surface area contributed by atoms with Crippen molar-refractivity contribution in [2.75, 3.05) is 25.4 Å². The molecule has 1 aliphatic rings. The number of thiophene rings is 1. The fourth-order valence-electron chi connectivity index (χ4n) is 3.36. The maximum atomic E-state index is 12.6. The van der Waals surface area contributed by atoms with Crippen molar-refractivity contribution in [2.45, 2.75) is 40.2 Å². The van der Waals surface area contributed by atoms with Crippen LogP contribution >= 0.6 is 11.3 Å². The molecule has 2 heterocycles. The Bertz CT molecular complexity index is 776. The quantitative estimate of drug-likeness (QED) is 0.806. The summed E-state index contributed by atoms with van der Waals surface area (Å²) in [5.41, 5.74) is 11.2. The number of rotatable bonds is 5. The van der Waals surface area contributed by atoms with Crippen LogP contribution in [0.15, 0.2) is 18.2 Å². The molecule has 3 rings (SSSR count). The van der Waals surface area contributed by atoms with Crippen LogP contribution in [-0.2, 0) is 11.3 Å². The summed E-state index contributed by atoms with van der Waals surface area (Å²) in [4.78, 5) is 16.1. The molecule has 4 nitrogen and oxygen atoms in total. The number of likely N-dealkylation sites (tertiary alicyclic amines) is 1. The van der Waals surface area contributed by atoms with Crippen LogP contribution < -0.4 is 5.73 Å². The molecule has 2 aromatic rings. The van der Waals surface area contributed by atoms with Crippen LogP contribution in [0.25, 0.3) is 11.1 Å². The molecule has 0 amide bonds. The molecule has 0 radical (unpaired) electrons. The van der Waals surface area contributed by atoms with Crippen LogP contribution in [0.5, 0.6) is 0 Å². The van der Waals surface area contributed by atoms with Crippen LogP contribution in [-0.4, -0.2) is 30.6 Å². The van der Waals surface area contributed by atoms with Crippen LogP contribution in [0, 0.1) is 13.8 Å². The van der Waals surface area contributed by atoms with Crippen molar-refractivity contribution in [1.82, 2.24) is 4.90 Å². The van der Waals surface area contributed by atoms with E-state index < -0.39 is 0 Å². The van der Waals surface area contributed by atoms with E-state index in [-0.39, 0.29) is 5.97 Å². The molecule has 2 N–H and O–H groups in total. The topological polar surface area (TPSA) is 55.6 Å². The molecule has 0 atom stereocenters. The maximum Gasteiger partial charge on any atom is 0.341 e. The summed E-state index contributed by atoms with van der Waals surface area (Å²) >= 11 is 1.52. The molecule has 0 unspecified atom stereocenters. The van der Waals surface area contributed by atoms with Crippen LogP contribution in [0.4, 0.5) is 5.00 Å². The third-order valence-corrected chi connectivity index (χ3v) is 5.85. The number of nitrogens with two attached hydrogens (primary N) is 1. The summed E-state index contributed by atoms with van der Waals surface area (Å²) in [6.45, 7) is 9.43. The Kier molecular flexibility index (Phi) is 5.45. The van der Waals surface area contributed by atoms with Gasteiger partial charge in [0.2, 0.25) is 0 Å². The smallest absolute Gasteiger partial charge is 0.341 e. The number of aryl methyl sites for hydroxylation is 2. The lowest BCUT2D eigenvalue weighted by Crippen LogP contribution is -2.18. The normalized spacial score (nSPS) is 14.8. The number of anilines is 1. The summed E-state index contributed by atoms with van der Waals surface area (Å²) in [6, 6.07) is 6.33. The molecule has 0 spiro atoms. The Morgan fingerprint density at radius 3 is 2.60 bits per heavy atom. The molecule has 0 saturated carbocycles. The second-order valence-corrected chi connectivity index (χ2v) is 7.78. The Morgan fingerprint density at radius 1 is 1.24 bits per heavy atom. The Hall–Kier alpha value is -1.85. The highest BCUT2D eigenvalue weighted by Crippen LogP contribution is 2.40. The number of hydrogen-bond donors (Lipinski definition) is 1. The van der Waals surface area contributed by atoms with E-state index in [1.807, 2.05) is 6.92 Å². The number of nitrogen functional groups attached to an aromatic ring is 1. The van der Waals surface area contributed by atoms with Gasteiger partial charge in [-0.3, -0.25) is 4.90 Å². The van der Waals surface area contributed by atoms with Gasteiger partial charge < -0.3 is 10.5 Å². The second kappa shape index (κ2) is 7.58. The van der Waals surface area contributed by atoms with E-state index in [2.05, 4.69) is 36.9 Å². The molecule has 25 heavy (non-hydrogen) atoms. The molecular formula is C20H26N2O2S. The number of carbonyl (C=O) groups is 1. The van der Waals surface area contributed by atoms with E-state index in [1.54, 1.807) is 0 Å². The Balaban J connectivity index is 2.09. The summed E-state index contributed by atoms with van der Waals surface area (Å²) in [5, 5.41) is 0.556. The molecule has 0 aliphatic carbocycles. The van der Waals surface area contributed by atoms with E-state index in [0.29, 0.717) is 17.2 Å². The van der Waals surface area contributed by atoms with Gasteiger partial charge in [0.25, 0.3) is 0 Å². The summed E-state index contributed by atoms with van der Waals surface area (Å²) in [6.07, 6.45) is 2.48. The highest BCUT2D eigenvalue weighted by atomic mass is 32.1. The average Bonchev–Trinajstić information content (AvgIpc) is 3.18. The van der Waals surface area contributed by atoms with Crippen molar-refractivity contribution >= 4 is 22.3 Å². The van der Waals surface area contributed by atoms with Crippen molar-refractivity contribution in [3.05, 3.63) is 39.8 Å². The summed E-state index contributed by atoms with van der Waals surface area (Å²) < 4.78 is 5.28. The number of benzene rings is 1. The largest absolute Gasteiger partial charge is 0.462 e. The zero-order valence-corrected chi connectivity index (χ0v) is 16.0. The first-order valence-corrected chi connectivity index (χ1v) is 9.71.